The van der Waals surface area contributed by atoms with Crippen LogP contribution >= 0.6 is 0 Å². The third-order valence-electron chi connectivity index (χ3n) is 4.68. The summed E-state index contributed by atoms with van der Waals surface area (Å²) in [7, 11) is 0. The van der Waals surface area contributed by atoms with E-state index >= 15 is 0 Å². The summed E-state index contributed by atoms with van der Waals surface area (Å²) in [6.45, 7) is 8.74. The molecule has 1 fully saturated rings. The van der Waals surface area contributed by atoms with E-state index in [1.165, 1.54) is 17.5 Å². The number of nitrogens with zero attached hydrogens (tertiary/aromatic N) is 1. The third kappa shape index (κ3) is 3.05. The first-order chi connectivity index (χ1) is 9.74. The molecule has 3 rings (SSSR count). The summed E-state index contributed by atoms with van der Waals surface area (Å²) in [6, 6.07) is 9.96. The molecule has 0 saturated carbocycles. The van der Waals surface area contributed by atoms with Crippen LogP contribution in [-0.4, -0.2) is 43.2 Å². The molecule has 3 unspecified atom stereocenters. The SMILES string of the molecule is CC1CN(CC2OCCc3ccccc32)C(C)CCN1. The number of rotatable bonds is 2. The highest BCUT2D eigenvalue weighted by Crippen LogP contribution is 2.28. The van der Waals surface area contributed by atoms with E-state index < -0.39 is 0 Å². The fourth-order valence-corrected chi connectivity index (χ4v) is 3.41. The summed E-state index contributed by atoms with van der Waals surface area (Å²) in [5.74, 6) is 0. The topological polar surface area (TPSA) is 24.5 Å². The van der Waals surface area contributed by atoms with Crippen LogP contribution in [0.3, 0.4) is 0 Å². The zero-order valence-electron chi connectivity index (χ0n) is 12.6. The van der Waals surface area contributed by atoms with Crippen LogP contribution in [0.25, 0.3) is 0 Å². The molecule has 2 aliphatic rings. The van der Waals surface area contributed by atoms with Crippen LogP contribution in [0.4, 0.5) is 0 Å². The highest BCUT2D eigenvalue weighted by atomic mass is 16.5. The summed E-state index contributed by atoms with van der Waals surface area (Å²) in [5, 5.41) is 3.58. The van der Waals surface area contributed by atoms with Crippen molar-refractivity contribution in [2.45, 2.75) is 44.9 Å². The Balaban J connectivity index is 1.74. The van der Waals surface area contributed by atoms with Gasteiger partial charge in [0.05, 0.1) is 12.7 Å². The van der Waals surface area contributed by atoms with Gasteiger partial charge >= 0.3 is 0 Å². The second kappa shape index (κ2) is 6.25. The fourth-order valence-electron chi connectivity index (χ4n) is 3.41. The van der Waals surface area contributed by atoms with Gasteiger partial charge in [0, 0.05) is 25.2 Å². The predicted molar refractivity (Wildman–Crippen MR) is 82.0 cm³/mol. The Morgan fingerprint density at radius 2 is 2.15 bits per heavy atom. The van der Waals surface area contributed by atoms with Gasteiger partial charge in [0.2, 0.25) is 0 Å². The van der Waals surface area contributed by atoms with E-state index in [-0.39, 0.29) is 6.10 Å². The second-order valence-electron chi connectivity index (χ2n) is 6.26. The molecule has 3 atom stereocenters. The molecule has 2 heterocycles. The van der Waals surface area contributed by atoms with Crippen LogP contribution in [0.1, 0.15) is 37.5 Å². The van der Waals surface area contributed by atoms with E-state index in [0.717, 1.165) is 32.7 Å². The summed E-state index contributed by atoms with van der Waals surface area (Å²) in [4.78, 5) is 2.59. The average molecular weight is 274 g/mol. The van der Waals surface area contributed by atoms with Gasteiger partial charge in [-0.25, -0.2) is 0 Å². The van der Waals surface area contributed by atoms with Crippen LogP contribution in [0, 0.1) is 0 Å². The maximum Gasteiger partial charge on any atom is 0.0954 e. The normalized spacial score (nSPS) is 31.6. The van der Waals surface area contributed by atoms with E-state index in [1.54, 1.807) is 0 Å². The zero-order chi connectivity index (χ0) is 13.9. The van der Waals surface area contributed by atoms with Crippen molar-refractivity contribution in [3.63, 3.8) is 0 Å². The Morgan fingerprint density at radius 3 is 3.05 bits per heavy atom. The van der Waals surface area contributed by atoms with Gasteiger partial charge in [0.15, 0.2) is 0 Å². The van der Waals surface area contributed by atoms with E-state index in [0.29, 0.717) is 12.1 Å². The summed E-state index contributed by atoms with van der Waals surface area (Å²) < 4.78 is 6.07. The minimum Gasteiger partial charge on any atom is -0.372 e. The Hall–Kier alpha value is -0.900. The highest BCUT2D eigenvalue weighted by molar-refractivity contribution is 5.31. The third-order valence-corrected chi connectivity index (χ3v) is 4.68. The van der Waals surface area contributed by atoms with Crippen LogP contribution in [0.5, 0.6) is 0 Å². The van der Waals surface area contributed by atoms with Gasteiger partial charge in [-0.15, -0.1) is 0 Å². The van der Waals surface area contributed by atoms with Crippen molar-refractivity contribution in [2.24, 2.45) is 0 Å². The maximum atomic E-state index is 6.07. The molecular formula is C17H26N2O. The molecule has 0 aromatic heterocycles. The van der Waals surface area contributed by atoms with E-state index in [2.05, 4.69) is 48.3 Å². The average Bonchev–Trinajstić information content (AvgIpc) is 2.61. The number of nitrogens with one attached hydrogen (secondary N) is 1. The zero-order valence-corrected chi connectivity index (χ0v) is 12.6. The van der Waals surface area contributed by atoms with Crippen molar-refractivity contribution >= 4 is 0 Å². The number of hydrogen-bond acceptors (Lipinski definition) is 3. The van der Waals surface area contributed by atoms with Gasteiger partial charge < -0.3 is 10.1 Å². The van der Waals surface area contributed by atoms with Crippen molar-refractivity contribution in [1.29, 1.82) is 0 Å². The van der Waals surface area contributed by atoms with Crippen molar-refractivity contribution < 1.29 is 4.74 Å². The highest BCUT2D eigenvalue weighted by Gasteiger charge is 2.27. The minimum absolute atomic E-state index is 0.243. The summed E-state index contributed by atoms with van der Waals surface area (Å²) in [5.41, 5.74) is 2.87. The van der Waals surface area contributed by atoms with Crippen molar-refractivity contribution in [1.82, 2.24) is 10.2 Å². The molecule has 1 aromatic rings. The Labute approximate surface area is 122 Å². The molecule has 1 aromatic carbocycles. The van der Waals surface area contributed by atoms with E-state index in [9.17, 15) is 0 Å². The lowest BCUT2D eigenvalue weighted by Crippen LogP contribution is -2.41. The van der Waals surface area contributed by atoms with Crippen LogP contribution in [0.2, 0.25) is 0 Å². The number of hydrogen-bond donors (Lipinski definition) is 1. The first-order valence-electron chi connectivity index (χ1n) is 7.91. The van der Waals surface area contributed by atoms with E-state index in [4.69, 9.17) is 4.74 Å². The van der Waals surface area contributed by atoms with Crippen LogP contribution in [-0.2, 0) is 11.2 Å². The van der Waals surface area contributed by atoms with Crippen molar-refractivity contribution in [2.75, 3.05) is 26.2 Å². The lowest BCUT2D eigenvalue weighted by Gasteiger charge is -2.34. The lowest BCUT2D eigenvalue weighted by atomic mass is 9.97. The monoisotopic (exact) mass is 274 g/mol. The first-order valence-corrected chi connectivity index (χ1v) is 7.91. The molecule has 1 saturated heterocycles. The molecule has 1 N–H and O–H groups in total. The van der Waals surface area contributed by atoms with Gasteiger partial charge in [-0.3, -0.25) is 4.90 Å². The number of benzene rings is 1. The molecule has 3 heteroatoms. The molecule has 0 aliphatic carbocycles. The van der Waals surface area contributed by atoms with Crippen LogP contribution in [0.15, 0.2) is 24.3 Å². The Kier molecular flexibility index (Phi) is 4.39. The number of fused-ring (bicyclic) bond motifs is 1. The molecule has 0 radical (unpaired) electrons. The molecule has 110 valence electrons. The predicted octanol–water partition coefficient (Wildman–Crippen LogP) is 2.37. The smallest absolute Gasteiger partial charge is 0.0954 e. The summed E-state index contributed by atoms with van der Waals surface area (Å²) in [6.07, 6.45) is 2.52. The summed E-state index contributed by atoms with van der Waals surface area (Å²) >= 11 is 0. The molecule has 20 heavy (non-hydrogen) atoms. The molecule has 3 nitrogen and oxygen atoms in total. The van der Waals surface area contributed by atoms with Gasteiger partial charge in [-0.1, -0.05) is 24.3 Å². The second-order valence-corrected chi connectivity index (χ2v) is 6.26. The Bertz CT molecular complexity index is 448. The molecule has 0 spiro atoms. The number of ether oxygens (including phenoxy) is 1. The van der Waals surface area contributed by atoms with Gasteiger partial charge in [-0.2, -0.15) is 0 Å². The molecule has 2 aliphatic heterocycles. The van der Waals surface area contributed by atoms with Crippen molar-refractivity contribution in [3.8, 4) is 0 Å². The Morgan fingerprint density at radius 1 is 1.30 bits per heavy atom. The largest absolute Gasteiger partial charge is 0.372 e. The standard InChI is InChI=1S/C17H26N2O/c1-13-11-19(14(2)7-9-18-13)12-17-16-6-4-3-5-15(16)8-10-20-17/h3-6,13-14,17-18H,7-12H2,1-2H3. The van der Waals surface area contributed by atoms with Crippen LogP contribution < -0.4 is 5.32 Å². The maximum absolute atomic E-state index is 6.07. The molecule has 0 amide bonds. The lowest BCUT2D eigenvalue weighted by molar-refractivity contribution is 0.00753. The van der Waals surface area contributed by atoms with E-state index in [1.807, 2.05) is 0 Å². The van der Waals surface area contributed by atoms with Gasteiger partial charge in [0.25, 0.3) is 0 Å². The van der Waals surface area contributed by atoms with Gasteiger partial charge in [0.1, 0.15) is 0 Å². The quantitative estimate of drug-likeness (QED) is 0.896. The fraction of sp³-hybridized carbons (Fsp3) is 0.647. The minimum atomic E-state index is 0.243. The molecule has 0 bridgehead atoms. The molecular weight excluding hydrogens is 248 g/mol. The van der Waals surface area contributed by atoms with Gasteiger partial charge in [-0.05, 0) is 44.4 Å². The van der Waals surface area contributed by atoms with Crippen molar-refractivity contribution in [3.05, 3.63) is 35.4 Å². The first kappa shape index (κ1) is 14.1.